The van der Waals surface area contributed by atoms with Gasteiger partial charge in [0.15, 0.2) is 0 Å². The van der Waals surface area contributed by atoms with E-state index in [2.05, 4.69) is 18.7 Å². The van der Waals surface area contributed by atoms with Gasteiger partial charge in [0, 0.05) is 17.7 Å². The van der Waals surface area contributed by atoms with Crippen LogP contribution in [0.25, 0.3) is 0 Å². The molecule has 1 aromatic rings. The monoisotopic (exact) mass is 211 g/mol. The lowest BCUT2D eigenvalue weighted by Gasteiger charge is -2.18. The number of hydrogen-bond acceptors (Lipinski definition) is 2. The summed E-state index contributed by atoms with van der Waals surface area (Å²) in [4.78, 5) is 2.14. The van der Waals surface area contributed by atoms with E-state index in [4.69, 9.17) is 5.11 Å². The van der Waals surface area contributed by atoms with E-state index in [1.165, 1.54) is 0 Å². The zero-order valence-corrected chi connectivity index (χ0v) is 9.33. The van der Waals surface area contributed by atoms with Crippen molar-refractivity contribution in [2.24, 2.45) is 0 Å². The van der Waals surface area contributed by atoms with Crippen molar-refractivity contribution in [3.8, 4) is 0 Å². The minimum atomic E-state index is -0.271. The molecule has 0 radical (unpaired) electrons. The number of rotatable bonds is 5. The molecule has 0 atom stereocenters. The van der Waals surface area contributed by atoms with Crippen LogP contribution in [0.1, 0.15) is 25.0 Å². The first-order valence-corrected chi connectivity index (χ1v) is 5.32. The molecule has 0 aliphatic carbocycles. The first-order chi connectivity index (χ1) is 7.22. The molecule has 0 unspecified atom stereocenters. The molecular weight excluding hydrogens is 193 g/mol. The summed E-state index contributed by atoms with van der Waals surface area (Å²) in [5.41, 5.74) is 1.03. The van der Waals surface area contributed by atoms with Crippen LogP contribution >= 0.6 is 0 Å². The fraction of sp³-hybridized carbons (Fsp3) is 0.500. The molecule has 0 aromatic heterocycles. The van der Waals surface area contributed by atoms with Crippen LogP contribution in [0.4, 0.5) is 4.39 Å². The minimum Gasteiger partial charge on any atom is -0.392 e. The summed E-state index contributed by atoms with van der Waals surface area (Å²) in [6, 6.07) is 5.17. The minimum absolute atomic E-state index is 0.238. The van der Waals surface area contributed by atoms with Gasteiger partial charge >= 0.3 is 0 Å². The molecule has 0 saturated heterocycles. The summed E-state index contributed by atoms with van der Waals surface area (Å²) >= 11 is 0. The lowest BCUT2D eigenvalue weighted by atomic mass is 10.1. The average molecular weight is 211 g/mol. The van der Waals surface area contributed by atoms with Crippen molar-refractivity contribution in [1.29, 1.82) is 0 Å². The molecule has 1 aromatic carbocycles. The normalized spacial score (nSPS) is 11.0. The van der Waals surface area contributed by atoms with Crippen molar-refractivity contribution in [2.45, 2.75) is 27.0 Å². The third kappa shape index (κ3) is 3.01. The molecule has 2 nitrogen and oxygen atoms in total. The van der Waals surface area contributed by atoms with Gasteiger partial charge in [0.2, 0.25) is 0 Å². The third-order valence-electron chi connectivity index (χ3n) is 2.62. The Labute approximate surface area is 90.3 Å². The molecule has 0 amide bonds. The van der Waals surface area contributed by atoms with Crippen LogP contribution < -0.4 is 0 Å². The summed E-state index contributed by atoms with van der Waals surface area (Å²) in [6.45, 7) is 6.28. The fourth-order valence-electron chi connectivity index (χ4n) is 1.57. The number of nitrogens with zero attached hydrogens (tertiary/aromatic N) is 1. The molecule has 15 heavy (non-hydrogen) atoms. The molecule has 0 bridgehead atoms. The van der Waals surface area contributed by atoms with Gasteiger partial charge in [-0.15, -0.1) is 0 Å². The maximum absolute atomic E-state index is 13.7. The fourth-order valence-corrected chi connectivity index (χ4v) is 1.57. The van der Waals surface area contributed by atoms with Gasteiger partial charge in [-0.05, 0) is 13.1 Å². The van der Waals surface area contributed by atoms with E-state index in [9.17, 15) is 4.39 Å². The Hall–Kier alpha value is -0.930. The predicted octanol–water partition coefficient (Wildman–Crippen LogP) is 2.16. The highest BCUT2D eigenvalue weighted by Gasteiger charge is 2.09. The molecule has 84 valence electrons. The smallest absolute Gasteiger partial charge is 0.133 e. The Morgan fingerprint density at radius 2 is 1.80 bits per heavy atom. The van der Waals surface area contributed by atoms with Crippen LogP contribution in [0.2, 0.25) is 0 Å². The number of aliphatic hydroxyl groups excluding tert-OH is 1. The largest absolute Gasteiger partial charge is 0.392 e. The molecule has 0 heterocycles. The van der Waals surface area contributed by atoms with E-state index in [0.29, 0.717) is 17.7 Å². The maximum atomic E-state index is 13.7. The van der Waals surface area contributed by atoms with E-state index in [0.717, 1.165) is 13.1 Å². The highest BCUT2D eigenvalue weighted by molar-refractivity contribution is 5.25. The van der Waals surface area contributed by atoms with Crippen LogP contribution in [0.3, 0.4) is 0 Å². The second-order valence-electron chi connectivity index (χ2n) is 3.51. The zero-order valence-electron chi connectivity index (χ0n) is 9.33. The molecular formula is C12H18FNO. The van der Waals surface area contributed by atoms with E-state index in [1.54, 1.807) is 18.2 Å². The highest BCUT2D eigenvalue weighted by Crippen LogP contribution is 2.14. The molecule has 1 rings (SSSR count). The van der Waals surface area contributed by atoms with Crippen LogP contribution in [0, 0.1) is 5.82 Å². The van der Waals surface area contributed by atoms with Crippen LogP contribution in [0.5, 0.6) is 0 Å². The number of aliphatic hydroxyl groups is 1. The van der Waals surface area contributed by atoms with Gasteiger partial charge in [-0.25, -0.2) is 4.39 Å². The van der Waals surface area contributed by atoms with Gasteiger partial charge in [0.1, 0.15) is 5.82 Å². The van der Waals surface area contributed by atoms with Gasteiger partial charge in [-0.2, -0.15) is 0 Å². The topological polar surface area (TPSA) is 23.5 Å². The second-order valence-corrected chi connectivity index (χ2v) is 3.51. The summed E-state index contributed by atoms with van der Waals surface area (Å²) in [5, 5.41) is 8.94. The Balaban J connectivity index is 2.85. The molecule has 0 spiro atoms. The summed E-state index contributed by atoms with van der Waals surface area (Å²) in [6.07, 6.45) is 0. The van der Waals surface area contributed by atoms with Gasteiger partial charge in [-0.3, -0.25) is 4.90 Å². The number of hydrogen-bond donors (Lipinski definition) is 1. The van der Waals surface area contributed by atoms with Crippen molar-refractivity contribution in [3.63, 3.8) is 0 Å². The molecule has 3 heteroatoms. The Kier molecular flexibility index (Phi) is 4.72. The van der Waals surface area contributed by atoms with Crippen molar-refractivity contribution in [2.75, 3.05) is 13.1 Å². The third-order valence-corrected chi connectivity index (χ3v) is 2.62. The highest BCUT2D eigenvalue weighted by atomic mass is 19.1. The van der Waals surface area contributed by atoms with Crippen molar-refractivity contribution < 1.29 is 9.50 Å². The summed E-state index contributed by atoms with van der Waals surface area (Å²) in [5.74, 6) is -0.271. The first kappa shape index (κ1) is 12.1. The summed E-state index contributed by atoms with van der Waals surface area (Å²) in [7, 11) is 0. The number of halogens is 1. The Morgan fingerprint density at radius 1 is 1.20 bits per heavy atom. The van der Waals surface area contributed by atoms with E-state index in [-0.39, 0.29) is 12.4 Å². The lowest BCUT2D eigenvalue weighted by molar-refractivity contribution is 0.270. The summed E-state index contributed by atoms with van der Waals surface area (Å²) < 4.78 is 13.7. The molecule has 0 fully saturated rings. The molecule has 0 aliphatic heterocycles. The quantitative estimate of drug-likeness (QED) is 0.806. The second kappa shape index (κ2) is 5.83. The van der Waals surface area contributed by atoms with Crippen molar-refractivity contribution >= 4 is 0 Å². The standard InChI is InChI=1S/C12H18FNO/c1-3-14(4-2)8-10-6-5-7-11(9-15)12(10)13/h5-7,15H,3-4,8-9H2,1-2H3. The van der Waals surface area contributed by atoms with Crippen molar-refractivity contribution in [3.05, 3.63) is 35.1 Å². The maximum Gasteiger partial charge on any atom is 0.133 e. The van der Waals surface area contributed by atoms with Gasteiger partial charge in [0.25, 0.3) is 0 Å². The average Bonchev–Trinajstić information content (AvgIpc) is 2.28. The Morgan fingerprint density at radius 3 is 2.33 bits per heavy atom. The molecule has 1 N–H and O–H groups in total. The predicted molar refractivity (Wildman–Crippen MR) is 58.9 cm³/mol. The lowest BCUT2D eigenvalue weighted by Crippen LogP contribution is -2.22. The van der Waals surface area contributed by atoms with E-state index < -0.39 is 0 Å². The molecule has 0 saturated carbocycles. The molecule has 0 aliphatic rings. The number of benzene rings is 1. The van der Waals surface area contributed by atoms with Gasteiger partial charge in [0.05, 0.1) is 6.61 Å². The van der Waals surface area contributed by atoms with E-state index in [1.807, 2.05) is 0 Å². The van der Waals surface area contributed by atoms with Crippen LogP contribution in [0.15, 0.2) is 18.2 Å². The Bertz CT molecular complexity index is 310. The first-order valence-electron chi connectivity index (χ1n) is 5.32. The van der Waals surface area contributed by atoms with Crippen molar-refractivity contribution in [1.82, 2.24) is 4.90 Å². The van der Waals surface area contributed by atoms with Gasteiger partial charge in [-0.1, -0.05) is 32.0 Å². The van der Waals surface area contributed by atoms with Crippen LogP contribution in [-0.2, 0) is 13.2 Å². The SMILES string of the molecule is CCN(CC)Cc1cccc(CO)c1F. The van der Waals surface area contributed by atoms with E-state index >= 15 is 0 Å². The zero-order chi connectivity index (χ0) is 11.3. The van der Waals surface area contributed by atoms with Crippen LogP contribution in [-0.4, -0.2) is 23.1 Å². The van der Waals surface area contributed by atoms with Gasteiger partial charge < -0.3 is 5.11 Å².